The van der Waals surface area contributed by atoms with Crippen molar-refractivity contribution in [3.8, 4) is 0 Å². The second-order valence-corrected chi connectivity index (χ2v) is 5.11. The second kappa shape index (κ2) is 5.54. The molecule has 6 heteroatoms. The Bertz CT molecular complexity index is 562. The van der Waals surface area contributed by atoms with E-state index in [1.807, 2.05) is 36.2 Å². The number of nitrogens with two attached hydrogens (primary N) is 1. The number of aromatic nitrogens is 2. The zero-order valence-electron chi connectivity index (χ0n) is 9.77. The van der Waals surface area contributed by atoms with Gasteiger partial charge in [0.25, 0.3) is 0 Å². The lowest BCUT2D eigenvalue weighted by molar-refractivity contribution is 0.890. The van der Waals surface area contributed by atoms with Crippen molar-refractivity contribution in [2.24, 2.45) is 0 Å². The molecule has 94 valence electrons. The molecule has 0 saturated carbocycles. The normalized spacial score (nSPS) is 10.4. The lowest BCUT2D eigenvalue weighted by Gasteiger charge is -2.20. The average Bonchev–Trinajstić information content (AvgIpc) is 2.35. The van der Waals surface area contributed by atoms with E-state index < -0.39 is 0 Å². The smallest absolute Gasteiger partial charge is 0.222 e. The van der Waals surface area contributed by atoms with E-state index >= 15 is 0 Å². The van der Waals surface area contributed by atoms with Crippen molar-refractivity contribution in [1.82, 2.24) is 9.97 Å². The zero-order chi connectivity index (χ0) is 13.1. The molecule has 0 radical (unpaired) electrons. The highest BCUT2D eigenvalue weighted by atomic mass is 79.9. The summed E-state index contributed by atoms with van der Waals surface area (Å²) < 4.78 is 1.05. The van der Waals surface area contributed by atoms with Crippen LogP contribution < -0.4 is 10.6 Å². The molecule has 0 spiro atoms. The van der Waals surface area contributed by atoms with Crippen LogP contribution in [0.25, 0.3) is 0 Å². The SMILES string of the molecule is CN(Cc1ccccc1Br)c1nc(N)ncc1Cl. The average molecular weight is 328 g/mol. The van der Waals surface area contributed by atoms with Crippen LogP contribution in [0.15, 0.2) is 34.9 Å². The van der Waals surface area contributed by atoms with Crippen molar-refractivity contribution in [2.75, 3.05) is 17.7 Å². The summed E-state index contributed by atoms with van der Waals surface area (Å²) in [5.74, 6) is 0.841. The summed E-state index contributed by atoms with van der Waals surface area (Å²) in [7, 11) is 1.91. The molecule has 0 fully saturated rings. The van der Waals surface area contributed by atoms with Crippen molar-refractivity contribution in [2.45, 2.75) is 6.54 Å². The predicted octanol–water partition coefficient (Wildman–Crippen LogP) is 3.11. The molecule has 2 N–H and O–H groups in total. The summed E-state index contributed by atoms with van der Waals surface area (Å²) in [6.07, 6.45) is 1.51. The van der Waals surface area contributed by atoms with Crippen molar-refractivity contribution < 1.29 is 0 Å². The quantitative estimate of drug-likeness (QED) is 0.941. The number of nitrogens with zero attached hydrogens (tertiary/aromatic N) is 3. The highest BCUT2D eigenvalue weighted by molar-refractivity contribution is 9.10. The van der Waals surface area contributed by atoms with Gasteiger partial charge in [0, 0.05) is 18.1 Å². The molecular weight excluding hydrogens is 316 g/mol. The Hall–Kier alpha value is -1.33. The fraction of sp³-hybridized carbons (Fsp3) is 0.167. The van der Waals surface area contributed by atoms with Gasteiger partial charge in [-0.05, 0) is 11.6 Å². The third-order valence-electron chi connectivity index (χ3n) is 2.47. The van der Waals surface area contributed by atoms with E-state index in [1.54, 1.807) is 0 Å². The fourth-order valence-corrected chi connectivity index (χ4v) is 2.24. The Kier molecular flexibility index (Phi) is 4.04. The first-order valence-electron chi connectivity index (χ1n) is 5.30. The Morgan fingerprint density at radius 3 is 2.83 bits per heavy atom. The molecule has 4 nitrogen and oxygen atoms in total. The fourth-order valence-electron chi connectivity index (χ4n) is 1.60. The van der Waals surface area contributed by atoms with Crippen molar-refractivity contribution in [3.05, 3.63) is 45.5 Å². The number of benzene rings is 1. The first-order chi connectivity index (χ1) is 8.58. The topological polar surface area (TPSA) is 55.0 Å². The van der Waals surface area contributed by atoms with Gasteiger partial charge in [0.15, 0.2) is 5.82 Å². The van der Waals surface area contributed by atoms with E-state index in [4.69, 9.17) is 17.3 Å². The molecule has 1 heterocycles. The van der Waals surface area contributed by atoms with Gasteiger partial charge in [-0.1, -0.05) is 45.7 Å². The second-order valence-electron chi connectivity index (χ2n) is 3.85. The zero-order valence-corrected chi connectivity index (χ0v) is 12.1. The van der Waals surface area contributed by atoms with Gasteiger partial charge in [-0.3, -0.25) is 0 Å². The molecule has 2 rings (SSSR count). The maximum atomic E-state index is 6.06. The molecule has 1 aromatic carbocycles. The molecule has 0 saturated heterocycles. The number of hydrogen-bond donors (Lipinski definition) is 1. The van der Waals surface area contributed by atoms with Crippen LogP contribution in [-0.4, -0.2) is 17.0 Å². The summed E-state index contributed by atoms with van der Waals surface area (Å²) in [6.45, 7) is 0.678. The van der Waals surface area contributed by atoms with Crippen molar-refractivity contribution in [3.63, 3.8) is 0 Å². The van der Waals surface area contributed by atoms with Crippen LogP contribution in [0, 0.1) is 0 Å². The van der Waals surface area contributed by atoms with E-state index in [-0.39, 0.29) is 5.95 Å². The van der Waals surface area contributed by atoms with Crippen LogP contribution in [0.4, 0.5) is 11.8 Å². The maximum Gasteiger partial charge on any atom is 0.222 e. The Morgan fingerprint density at radius 1 is 1.39 bits per heavy atom. The lowest BCUT2D eigenvalue weighted by Crippen LogP contribution is -2.19. The van der Waals surface area contributed by atoms with Crippen LogP contribution in [0.3, 0.4) is 0 Å². The third-order valence-corrected chi connectivity index (χ3v) is 3.51. The van der Waals surface area contributed by atoms with E-state index in [1.165, 1.54) is 6.20 Å². The van der Waals surface area contributed by atoms with Crippen LogP contribution in [0.5, 0.6) is 0 Å². The maximum absolute atomic E-state index is 6.06. The summed E-state index contributed by atoms with van der Waals surface area (Å²) in [5.41, 5.74) is 6.72. The van der Waals surface area contributed by atoms with Gasteiger partial charge in [0.05, 0.1) is 6.20 Å². The molecule has 1 aromatic heterocycles. The molecular formula is C12H12BrClN4. The van der Waals surface area contributed by atoms with Gasteiger partial charge >= 0.3 is 0 Å². The molecule has 0 aliphatic heterocycles. The molecule has 0 atom stereocenters. The monoisotopic (exact) mass is 326 g/mol. The minimum absolute atomic E-state index is 0.216. The van der Waals surface area contributed by atoms with Gasteiger partial charge in [0.2, 0.25) is 5.95 Å². The Labute approximate surface area is 119 Å². The molecule has 0 amide bonds. The minimum atomic E-state index is 0.216. The number of anilines is 2. The van der Waals surface area contributed by atoms with Gasteiger partial charge < -0.3 is 10.6 Å². The summed E-state index contributed by atoms with van der Waals surface area (Å²) >= 11 is 9.58. The number of hydrogen-bond acceptors (Lipinski definition) is 4. The van der Waals surface area contributed by atoms with Crippen molar-refractivity contribution >= 4 is 39.3 Å². The Morgan fingerprint density at radius 2 is 2.11 bits per heavy atom. The highest BCUT2D eigenvalue weighted by Gasteiger charge is 2.11. The lowest BCUT2D eigenvalue weighted by atomic mass is 10.2. The summed E-state index contributed by atoms with van der Waals surface area (Å²) in [4.78, 5) is 9.92. The Balaban J connectivity index is 2.25. The highest BCUT2D eigenvalue weighted by Crippen LogP contribution is 2.25. The van der Waals surface area contributed by atoms with Gasteiger partial charge in [0.1, 0.15) is 5.02 Å². The van der Waals surface area contributed by atoms with Gasteiger partial charge in [-0.25, -0.2) is 4.98 Å². The molecule has 0 aliphatic rings. The van der Waals surface area contributed by atoms with Crippen LogP contribution in [0.1, 0.15) is 5.56 Å². The van der Waals surface area contributed by atoms with E-state index in [2.05, 4.69) is 25.9 Å². The summed E-state index contributed by atoms with van der Waals surface area (Å²) in [6, 6.07) is 8.01. The minimum Gasteiger partial charge on any atom is -0.368 e. The molecule has 0 unspecified atom stereocenters. The standard InChI is InChI=1S/C12H12BrClN4/c1-18(7-8-4-2-3-5-9(8)13)11-10(14)6-16-12(15)17-11/h2-6H,7H2,1H3,(H2,15,16,17). The largest absolute Gasteiger partial charge is 0.368 e. The molecule has 2 aromatic rings. The van der Waals surface area contributed by atoms with Crippen LogP contribution in [-0.2, 0) is 6.54 Å². The van der Waals surface area contributed by atoms with Crippen molar-refractivity contribution in [1.29, 1.82) is 0 Å². The van der Waals surface area contributed by atoms with Gasteiger partial charge in [-0.2, -0.15) is 4.98 Å². The molecule has 18 heavy (non-hydrogen) atoms. The van der Waals surface area contributed by atoms with E-state index in [9.17, 15) is 0 Å². The predicted molar refractivity (Wildman–Crippen MR) is 77.7 cm³/mol. The first-order valence-corrected chi connectivity index (χ1v) is 6.47. The van der Waals surface area contributed by atoms with Crippen LogP contribution in [0.2, 0.25) is 5.02 Å². The third kappa shape index (κ3) is 2.91. The molecule has 0 bridgehead atoms. The van der Waals surface area contributed by atoms with E-state index in [0.29, 0.717) is 17.4 Å². The summed E-state index contributed by atoms with van der Waals surface area (Å²) in [5, 5.41) is 0.485. The first kappa shape index (κ1) is 13.1. The molecule has 0 aliphatic carbocycles. The van der Waals surface area contributed by atoms with E-state index in [0.717, 1.165) is 10.0 Å². The number of halogens is 2. The van der Waals surface area contributed by atoms with Gasteiger partial charge in [-0.15, -0.1) is 0 Å². The number of rotatable bonds is 3. The number of nitrogen functional groups attached to an aromatic ring is 1. The van der Waals surface area contributed by atoms with Crippen LogP contribution >= 0.6 is 27.5 Å².